The summed E-state index contributed by atoms with van der Waals surface area (Å²) >= 11 is 0. The SMILES string of the molecule is c1cc(-c2cccc3ccccc23)cc(-c2c3ccccc3c(-c3ccc4cc(-c5cccc6ccc7ccccc7c56)ccc4c3)c3ccccc23)c1. The first-order valence-electron chi connectivity index (χ1n) is 18.8. The van der Waals surface area contributed by atoms with E-state index in [9.17, 15) is 0 Å². The Hall–Kier alpha value is -7.02. The molecule has 0 aromatic heterocycles. The van der Waals surface area contributed by atoms with Crippen molar-refractivity contribution < 1.29 is 0 Å². The zero-order chi connectivity index (χ0) is 35.6. The number of rotatable bonds is 4. The Morgan fingerprint density at radius 2 is 0.611 bits per heavy atom. The molecular weight excluding hydrogens is 649 g/mol. The topological polar surface area (TPSA) is 0 Å². The summed E-state index contributed by atoms with van der Waals surface area (Å²) in [4.78, 5) is 0. The van der Waals surface area contributed by atoms with Gasteiger partial charge in [0.25, 0.3) is 0 Å². The minimum atomic E-state index is 1.23. The molecular formula is C54H34. The van der Waals surface area contributed by atoms with Crippen LogP contribution in [0.3, 0.4) is 0 Å². The predicted molar refractivity (Wildman–Crippen MR) is 233 cm³/mol. The van der Waals surface area contributed by atoms with Crippen LogP contribution in [0.25, 0.3) is 109 Å². The Bertz CT molecular complexity index is 3210. The van der Waals surface area contributed by atoms with Crippen LogP contribution in [-0.4, -0.2) is 0 Å². The fourth-order valence-corrected chi connectivity index (χ4v) is 8.94. The van der Waals surface area contributed by atoms with Gasteiger partial charge >= 0.3 is 0 Å². The van der Waals surface area contributed by atoms with Gasteiger partial charge in [0.05, 0.1) is 0 Å². The summed E-state index contributed by atoms with van der Waals surface area (Å²) in [5, 5.41) is 15.2. The minimum absolute atomic E-state index is 1.23. The third-order valence-electron chi connectivity index (χ3n) is 11.4. The first-order valence-corrected chi connectivity index (χ1v) is 18.8. The fraction of sp³-hybridized carbons (Fsp3) is 0. The summed E-state index contributed by atoms with van der Waals surface area (Å²) in [5.41, 5.74) is 10.0. The molecule has 11 aromatic carbocycles. The van der Waals surface area contributed by atoms with Crippen molar-refractivity contribution in [1.29, 1.82) is 0 Å². The molecule has 0 fully saturated rings. The van der Waals surface area contributed by atoms with E-state index in [0.717, 1.165) is 0 Å². The predicted octanol–water partition coefficient (Wildman–Crippen LogP) is 15.3. The van der Waals surface area contributed by atoms with Gasteiger partial charge in [0.15, 0.2) is 0 Å². The summed E-state index contributed by atoms with van der Waals surface area (Å²) in [6.45, 7) is 0. The van der Waals surface area contributed by atoms with E-state index < -0.39 is 0 Å². The van der Waals surface area contributed by atoms with Gasteiger partial charge in [-0.1, -0.05) is 188 Å². The van der Waals surface area contributed by atoms with Crippen LogP contribution in [0.1, 0.15) is 0 Å². The second-order valence-corrected chi connectivity index (χ2v) is 14.4. The van der Waals surface area contributed by atoms with Crippen molar-refractivity contribution in [2.24, 2.45) is 0 Å². The lowest BCUT2D eigenvalue weighted by molar-refractivity contribution is 1.63. The molecule has 0 N–H and O–H groups in total. The summed E-state index contributed by atoms with van der Waals surface area (Å²) in [6.07, 6.45) is 0. The summed E-state index contributed by atoms with van der Waals surface area (Å²) in [6, 6.07) is 76.1. The Labute approximate surface area is 314 Å². The minimum Gasteiger partial charge on any atom is -0.0616 e. The van der Waals surface area contributed by atoms with E-state index in [2.05, 4.69) is 206 Å². The molecule has 0 bridgehead atoms. The maximum absolute atomic E-state index is 2.38. The molecule has 11 rings (SSSR count). The molecule has 0 aliphatic carbocycles. The third kappa shape index (κ3) is 4.85. The lowest BCUT2D eigenvalue weighted by atomic mass is 9.85. The van der Waals surface area contributed by atoms with Gasteiger partial charge in [-0.3, -0.25) is 0 Å². The molecule has 0 heterocycles. The maximum Gasteiger partial charge on any atom is -0.00262 e. The smallest absolute Gasteiger partial charge is 0.00262 e. The van der Waals surface area contributed by atoms with Gasteiger partial charge in [-0.2, -0.15) is 0 Å². The number of benzene rings is 11. The van der Waals surface area contributed by atoms with Gasteiger partial charge in [0.2, 0.25) is 0 Å². The first-order chi connectivity index (χ1) is 26.8. The first kappa shape index (κ1) is 30.6. The van der Waals surface area contributed by atoms with Crippen LogP contribution >= 0.6 is 0 Å². The van der Waals surface area contributed by atoms with Gasteiger partial charge < -0.3 is 0 Å². The molecule has 0 nitrogen and oxygen atoms in total. The lowest BCUT2D eigenvalue weighted by Gasteiger charge is -2.19. The number of fused-ring (bicyclic) bond motifs is 7. The van der Waals surface area contributed by atoms with Crippen molar-refractivity contribution in [2.45, 2.75) is 0 Å². The largest absolute Gasteiger partial charge is 0.0616 e. The van der Waals surface area contributed by atoms with E-state index in [-0.39, 0.29) is 0 Å². The molecule has 0 atom stereocenters. The summed E-state index contributed by atoms with van der Waals surface area (Å²) < 4.78 is 0. The fourth-order valence-electron chi connectivity index (χ4n) is 8.94. The maximum atomic E-state index is 2.38. The van der Waals surface area contributed by atoms with Crippen LogP contribution in [0.2, 0.25) is 0 Å². The third-order valence-corrected chi connectivity index (χ3v) is 11.4. The number of hydrogen-bond donors (Lipinski definition) is 0. The highest BCUT2D eigenvalue weighted by Crippen LogP contribution is 2.45. The zero-order valence-corrected chi connectivity index (χ0v) is 29.6. The van der Waals surface area contributed by atoms with Crippen LogP contribution in [0.15, 0.2) is 206 Å². The van der Waals surface area contributed by atoms with Gasteiger partial charge in [-0.15, -0.1) is 0 Å². The Morgan fingerprint density at radius 1 is 0.204 bits per heavy atom. The highest BCUT2D eigenvalue weighted by Gasteiger charge is 2.18. The molecule has 0 radical (unpaired) electrons. The Morgan fingerprint density at radius 3 is 1.30 bits per heavy atom. The van der Waals surface area contributed by atoms with Crippen molar-refractivity contribution in [3.8, 4) is 44.5 Å². The van der Waals surface area contributed by atoms with Crippen LogP contribution in [0.4, 0.5) is 0 Å². The van der Waals surface area contributed by atoms with Crippen LogP contribution < -0.4 is 0 Å². The molecule has 0 aliphatic rings. The molecule has 0 unspecified atom stereocenters. The quantitative estimate of drug-likeness (QED) is 0.128. The van der Waals surface area contributed by atoms with E-state index in [1.807, 2.05) is 0 Å². The highest BCUT2D eigenvalue weighted by atomic mass is 14.2. The van der Waals surface area contributed by atoms with Gasteiger partial charge in [-0.05, 0) is 127 Å². The molecule has 0 aliphatic heterocycles. The second-order valence-electron chi connectivity index (χ2n) is 14.4. The van der Waals surface area contributed by atoms with Crippen molar-refractivity contribution in [2.75, 3.05) is 0 Å². The second kappa shape index (κ2) is 12.3. The van der Waals surface area contributed by atoms with E-state index in [1.165, 1.54) is 109 Å². The highest BCUT2D eigenvalue weighted by molar-refractivity contribution is 6.22. The van der Waals surface area contributed by atoms with Crippen molar-refractivity contribution in [3.63, 3.8) is 0 Å². The summed E-state index contributed by atoms with van der Waals surface area (Å²) in [5.74, 6) is 0. The van der Waals surface area contributed by atoms with Crippen molar-refractivity contribution >= 4 is 64.6 Å². The van der Waals surface area contributed by atoms with Crippen molar-refractivity contribution in [1.82, 2.24) is 0 Å². The van der Waals surface area contributed by atoms with Crippen LogP contribution in [-0.2, 0) is 0 Å². The van der Waals surface area contributed by atoms with E-state index in [4.69, 9.17) is 0 Å². The molecule has 11 aromatic rings. The normalized spacial score (nSPS) is 11.7. The molecule has 0 spiro atoms. The van der Waals surface area contributed by atoms with E-state index in [1.54, 1.807) is 0 Å². The van der Waals surface area contributed by atoms with Crippen LogP contribution in [0, 0.1) is 0 Å². The average Bonchev–Trinajstić information content (AvgIpc) is 3.24. The Balaban J connectivity index is 1.08. The average molecular weight is 683 g/mol. The molecule has 0 amide bonds. The molecule has 0 saturated heterocycles. The molecule has 0 heteroatoms. The van der Waals surface area contributed by atoms with Gasteiger partial charge in [0.1, 0.15) is 0 Å². The van der Waals surface area contributed by atoms with Gasteiger partial charge in [0, 0.05) is 0 Å². The summed E-state index contributed by atoms with van der Waals surface area (Å²) in [7, 11) is 0. The van der Waals surface area contributed by atoms with E-state index in [0.29, 0.717) is 0 Å². The van der Waals surface area contributed by atoms with Crippen LogP contribution in [0.5, 0.6) is 0 Å². The van der Waals surface area contributed by atoms with Gasteiger partial charge in [-0.25, -0.2) is 0 Å². The molecule has 250 valence electrons. The monoisotopic (exact) mass is 682 g/mol. The number of hydrogen-bond acceptors (Lipinski definition) is 0. The van der Waals surface area contributed by atoms with E-state index >= 15 is 0 Å². The Kier molecular flexibility index (Phi) is 6.97. The lowest BCUT2D eigenvalue weighted by Crippen LogP contribution is -1.91. The zero-order valence-electron chi connectivity index (χ0n) is 29.6. The van der Waals surface area contributed by atoms with Crippen molar-refractivity contribution in [3.05, 3.63) is 206 Å². The standard InChI is InChI=1S/C54H34/c1-3-18-44-35(12-1)14-10-24-45(44)40-16-9-17-42(34-40)53-48-20-5-7-22-50(48)54(51-23-8-6-21-49(51)53)43-31-29-38-32-41(30-28-39(38)33-43)47-25-11-15-37-27-26-36-13-2-4-19-46(36)52(37)47/h1-34H. The molecule has 54 heavy (non-hydrogen) atoms. The molecule has 0 saturated carbocycles.